The highest BCUT2D eigenvalue weighted by atomic mass is 32.1. The van der Waals surface area contributed by atoms with Crippen LogP contribution in [0.25, 0.3) is 10.6 Å². The standard InChI is InChI=1S/C16H15N5O2S/c1-9-2-7-14(24-9)12-8-13(21-20-12)15(22)18-10-3-5-11(6-4-10)19-16(17)23/h2-8H,1H3,(H,18,22)(H,20,21)(H3,17,19,23). The maximum Gasteiger partial charge on any atom is 0.316 e. The predicted octanol–water partition coefficient (Wildman–Crippen LogP) is 3.19. The van der Waals surface area contributed by atoms with Gasteiger partial charge in [0.15, 0.2) is 5.69 Å². The fourth-order valence-corrected chi connectivity index (χ4v) is 2.95. The van der Waals surface area contributed by atoms with E-state index in [1.54, 1.807) is 41.7 Å². The molecule has 0 saturated carbocycles. The molecule has 0 atom stereocenters. The van der Waals surface area contributed by atoms with Crippen molar-refractivity contribution < 1.29 is 9.59 Å². The number of aromatic amines is 1. The number of anilines is 2. The Bertz CT molecular complexity index is 882. The van der Waals surface area contributed by atoms with Crippen LogP contribution in [0.1, 0.15) is 15.4 Å². The highest BCUT2D eigenvalue weighted by Gasteiger charge is 2.12. The van der Waals surface area contributed by atoms with Crippen LogP contribution >= 0.6 is 11.3 Å². The van der Waals surface area contributed by atoms with Crippen molar-refractivity contribution in [3.05, 3.63) is 53.0 Å². The monoisotopic (exact) mass is 341 g/mol. The van der Waals surface area contributed by atoms with Gasteiger partial charge in [-0.1, -0.05) is 0 Å². The molecule has 24 heavy (non-hydrogen) atoms. The van der Waals surface area contributed by atoms with Crippen LogP contribution in [0.5, 0.6) is 0 Å². The number of carbonyl (C=O) groups excluding carboxylic acids is 2. The lowest BCUT2D eigenvalue weighted by molar-refractivity contribution is 0.102. The number of H-pyrrole nitrogens is 1. The van der Waals surface area contributed by atoms with Gasteiger partial charge in [-0.05, 0) is 49.4 Å². The van der Waals surface area contributed by atoms with E-state index in [2.05, 4.69) is 20.8 Å². The van der Waals surface area contributed by atoms with E-state index in [1.165, 1.54) is 4.88 Å². The predicted molar refractivity (Wildman–Crippen MR) is 94.2 cm³/mol. The van der Waals surface area contributed by atoms with Crippen LogP contribution in [0.3, 0.4) is 0 Å². The number of hydrogen-bond donors (Lipinski definition) is 4. The van der Waals surface area contributed by atoms with Crippen LogP contribution in [-0.4, -0.2) is 22.1 Å². The summed E-state index contributed by atoms with van der Waals surface area (Å²) >= 11 is 1.63. The number of urea groups is 1. The minimum absolute atomic E-state index is 0.301. The molecular weight excluding hydrogens is 326 g/mol. The van der Waals surface area contributed by atoms with Crippen molar-refractivity contribution in [2.24, 2.45) is 5.73 Å². The van der Waals surface area contributed by atoms with E-state index in [-0.39, 0.29) is 5.91 Å². The average molecular weight is 341 g/mol. The van der Waals surface area contributed by atoms with Gasteiger partial charge in [-0.3, -0.25) is 9.89 Å². The Morgan fingerprint density at radius 1 is 1.08 bits per heavy atom. The third kappa shape index (κ3) is 3.61. The number of nitrogens with zero attached hydrogens (tertiary/aromatic N) is 1. The van der Waals surface area contributed by atoms with Crippen molar-refractivity contribution in [2.45, 2.75) is 6.92 Å². The van der Waals surface area contributed by atoms with E-state index in [4.69, 9.17) is 5.73 Å². The highest BCUT2D eigenvalue weighted by Crippen LogP contribution is 2.26. The molecule has 0 aliphatic carbocycles. The first kappa shape index (κ1) is 15.8. The lowest BCUT2D eigenvalue weighted by Gasteiger charge is -2.05. The molecule has 5 N–H and O–H groups in total. The number of carbonyl (C=O) groups is 2. The fourth-order valence-electron chi connectivity index (χ4n) is 2.12. The number of aryl methyl sites for hydroxylation is 1. The van der Waals surface area contributed by atoms with E-state index < -0.39 is 6.03 Å². The third-order valence-electron chi connectivity index (χ3n) is 3.23. The highest BCUT2D eigenvalue weighted by molar-refractivity contribution is 7.15. The fraction of sp³-hybridized carbons (Fsp3) is 0.0625. The molecule has 0 aliphatic heterocycles. The van der Waals surface area contributed by atoms with Crippen molar-refractivity contribution in [1.82, 2.24) is 10.2 Å². The number of rotatable bonds is 4. The van der Waals surface area contributed by atoms with Gasteiger partial charge in [0.25, 0.3) is 5.91 Å². The van der Waals surface area contributed by atoms with Crippen molar-refractivity contribution in [1.29, 1.82) is 0 Å². The first-order valence-corrected chi connectivity index (χ1v) is 7.93. The van der Waals surface area contributed by atoms with Gasteiger partial charge in [0, 0.05) is 16.3 Å². The van der Waals surface area contributed by atoms with Gasteiger partial charge < -0.3 is 16.4 Å². The van der Waals surface area contributed by atoms with E-state index >= 15 is 0 Å². The molecule has 3 amide bonds. The quantitative estimate of drug-likeness (QED) is 0.584. The number of nitrogens with one attached hydrogen (secondary N) is 3. The zero-order valence-corrected chi connectivity index (χ0v) is 13.6. The van der Waals surface area contributed by atoms with E-state index in [9.17, 15) is 9.59 Å². The van der Waals surface area contributed by atoms with Gasteiger partial charge in [0.2, 0.25) is 0 Å². The van der Waals surface area contributed by atoms with Gasteiger partial charge in [-0.25, -0.2) is 4.79 Å². The summed E-state index contributed by atoms with van der Waals surface area (Å²) < 4.78 is 0. The zero-order chi connectivity index (χ0) is 17.1. The van der Waals surface area contributed by atoms with Crippen molar-refractivity contribution in [3.63, 3.8) is 0 Å². The Hall–Kier alpha value is -3.13. The normalized spacial score (nSPS) is 10.4. The molecule has 122 valence electrons. The SMILES string of the molecule is Cc1ccc(-c2cc(C(=O)Nc3ccc(NC(N)=O)cc3)n[nH]2)s1. The minimum atomic E-state index is -0.639. The molecule has 0 spiro atoms. The first-order chi connectivity index (χ1) is 11.5. The third-order valence-corrected chi connectivity index (χ3v) is 4.26. The average Bonchev–Trinajstić information content (AvgIpc) is 3.17. The van der Waals surface area contributed by atoms with Crippen LogP contribution < -0.4 is 16.4 Å². The number of thiophene rings is 1. The van der Waals surface area contributed by atoms with E-state index in [0.717, 1.165) is 10.6 Å². The van der Waals surface area contributed by atoms with Crippen molar-refractivity contribution in [2.75, 3.05) is 10.6 Å². The maximum atomic E-state index is 12.2. The van der Waals surface area contributed by atoms with E-state index in [1.807, 2.05) is 19.1 Å². The summed E-state index contributed by atoms with van der Waals surface area (Å²) in [5, 5.41) is 12.1. The van der Waals surface area contributed by atoms with Gasteiger partial charge in [0.05, 0.1) is 10.6 Å². The second-order valence-corrected chi connectivity index (χ2v) is 6.39. The number of benzene rings is 1. The number of hydrogen-bond acceptors (Lipinski definition) is 4. The lowest BCUT2D eigenvalue weighted by Crippen LogP contribution is -2.19. The van der Waals surface area contributed by atoms with Gasteiger partial charge in [-0.2, -0.15) is 5.10 Å². The van der Waals surface area contributed by atoms with Gasteiger partial charge in [-0.15, -0.1) is 11.3 Å². The minimum Gasteiger partial charge on any atom is -0.351 e. The lowest BCUT2D eigenvalue weighted by atomic mass is 10.2. The summed E-state index contributed by atoms with van der Waals surface area (Å²) in [6.45, 7) is 2.02. The second-order valence-electron chi connectivity index (χ2n) is 5.10. The van der Waals surface area contributed by atoms with Crippen molar-refractivity contribution >= 4 is 34.6 Å². The number of aromatic nitrogens is 2. The molecule has 8 heteroatoms. The molecule has 1 aromatic carbocycles. The number of amides is 3. The summed E-state index contributed by atoms with van der Waals surface area (Å²) in [6.07, 6.45) is 0. The molecule has 3 rings (SSSR count). The van der Waals surface area contributed by atoms with Gasteiger partial charge >= 0.3 is 6.03 Å². The molecule has 0 saturated heterocycles. The molecule has 2 heterocycles. The van der Waals surface area contributed by atoms with Crippen LogP contribution in [0.4, 0.5) is 16.2 Å². The van der Waals surface area contributed by atoms with Crippen LogP contribution in [0.15, 0.2) is 42.5 Å². The second kappa shape index (κ2) is 6.55. The Morgan fingerprint density at radius 2 is 1.75 bits per heavy atom. The maximum absolute atomic E-state index is 12.2. The van der Waals surface area contributed by atoms with Crippen LogP contribution in [0.2, 0.25) is 0 Å². The molecular formula is C16H15N5O2S. The van der Waals surface area contributed by atoms with Crippen molar-refractivity contribution in [3.8, 4) is 10.6 Å². The number of primary amides is 1. The molecule has 0 unspecified atom stereocenters. The molecule has 0 radical (unpaired) electrons. The Balaban J connectivity index is 1.69. The number of nitrogens with two attached hydrogens (primary N) is 1. The summed E-state index contributed by atoms with van der Waals surface area (Å²) in [5.41, 5.74) is 7.29. The van der Waals surface area contributed by atoms with Crippen LogP contribution in [0, 0.1) is 6.92 Å². The Labute approximate surface area is 141 Å². The largest absolute Gasteiger partial charge is 0.351 e. The molecule has 2 aromatic heterocycles. The molecule has 0 fully saturated rings. The zero-order valence-electron chi connectivity index (χ0n) is 12.8. The molecule has 0 aliphatic rings. The molecule has 0 bridgehead atoms. The summed E-state index contributed by atoms with van der Waals surface area (Å²) in [4.78, 5) is 25.2. The Kier molecular flexibility index (Phi) is 4.30. The summed E-state index contributed by atoms with van der Waals surface area (Å²) in [6, 6.07) is 11.7. The topological polar surface area (TPSA) is 113 Å². The smallest absolute Gasteiger partial charge is 0.316 e. The summed E-state index contributed by atoms with van der Waals surface area (Å²) in [5.74, 6) is -0.318. The van der Waals surface area contributed by atoms with E-state index in [0.29, 0.717) is 17.1 Å². The van der Waals surface area contributed by atoms with Gasteiger partial charge in [0.1, 0.15) is 0 Å². The first-order valence-electron chi connectivity index (χ1n) is 7.11. The molecule has 3 aromatic rings. The van der Waals surface area contributed by atoms with Crippen LogP contribution in [-0.2, 0) is 0 Å². The molecule has 7 nitrogen and oxygen atoms in total. The Morgan fingerprint density at radius 3 is 2.33 bits per heavy atom. The summed E-state index contributed by atoms with van der Waals surface area (Å²) in [7, 11) is 0.